The number of nitriles is 1. The Hall–Kier alpha value is -2.80. The number of amides is 1. The summed E-state index contributed by atoms with van der Waals surface area (Å²) < 4.78 is 5.40. The van der Waals surface area contributed by atoms with E-state index in [1.807, 2.05) is 56.3 Å². The van der Waals surface area contributed by atoms with Gasteiger partial charge < -0.3 is 10.1 Å². The lowest BCUT2D eigenvalue weighted by molar-refractivity contribution is -0.117. The Kier molecular flexibility index (Phi) is 5.37. The molecule has 1 N–H and O–H groups in total. The van der Waals surface area contributed by atoms with Gasteiger partial charge in [0.15, 0.2) is 0 Å². The van der Waals surface area contributed by atoms with Crippen molar-refractivity contribution in [2.24, 2.45) is 0 Å². The maximum Gasteiger partial charge on any atom is 0.262 e. The van der Waals surface area contributed by atoms with Crippen LogP contribution in [0, 0.1) is 11.3 Å². The number of carbonyl (C=O) groups is 1. The van der Waals surface area contributed by atoms with Crippen molar-refractivity contribution in [1.82, 2.24) is 5.32 Å². The lowest BCUT2D eigenvalue weighted by atomic mass is 10.0. The fraction of sp³-hybridized carbons (Fsp3) is 0.263. The van der Waals surface area contributed by atoms with Crippen LogP contribution in [0.1, 0.15) is 25.8 Å². The fourth-order valence-corrected chi connectivity index (χ4v) is 2.30. The van der Waals surface area contributed by atoms with Crippen molar-refractivity contribution in [3.63, 3.8) is 0 Å². The molecule has 4 nitrogen and oxygen atoms in total. The Labute approximate surface area is 136 Å². The zero-order valence-electron chi connectivity index (χ0n) is 13.6. The Balaban J connectivity index is 2.53. The van der Waals surface area contributed by atoms with E-state index in [-0.39, 0.29) is 17.5 Å². The topological polar surface area (TPSA) is 62.1 Å². The number of ether oxygens (including phenoxy) is 1. The molecule has 0 saturated carbocycles. The highest BCUT2D eigenvalue weighted by Gasteiger charge is 2.14. The minimum Gasteiger partial charge on any atom is -0.496 e. The molecule has 2 rings (SSSR count). The van der Waals surface area contributed by atoms with Gasteiger partial charge in [-0.15, -0.1) is 0 Å². The van der Waals surface area contributed by atoms with Crippen LogP contribution in [0.5, 0.6) is 5.75 Å². The van der Waals surface area contributed by atoms with E-state index in [4.69, 9.17) is 4.74 Å². The summed E-state index contributed by atoms with van der Waals surface area (Å²) >= 11 is 0. The summed E-state index contributed by atoms with van der Waals surface area (Å²) in [6.45, 7) is 3.89. The van der Waals surface area contributed by atoms with Gasteiger partial charge in [0.2, 0.25) is 0 Å². The second kappa shape index (κ2) is 7.46. The van der Waals surface area contributed by atoms with Crippen molar-refractivity contribution in [2.75, 3.05) is 7.11 Å². The Morgan fingerprint density at radius 1 is 1.35 bits per heavy atom. The van der Waals surface area contributed by atoms with Crippen LogP contribution < -0.4 is 10.1 Å². The number of hydrogen-bond donors (Lipinski definition) is 1. The molecule has 0 heterocycles. The molecule has 0 aliphatic carbocycles. The highest BCUT2D eigenvalue weighted by molar-refractivity contribution is 6.05. The lowest BCUT2D eigenvalue weighted by Gasteiger charge is -2.12. The van der Waals surface area contributed by atoms with Gasteiger partial charge >= 0.3 is 0 Å². The van der Waals surface area contributed by atoms with Crippen LogP contribution >= 0.6 is 0 Å². The van der Waals surface area contributed by atoms with Gasteiger partial charge in [0.1, 0.15) is 17.4 Å². The van der Waals surface area contributed by atoms with Crippen LogP contribution in [0.3, 0.4) is 0 Å². The highest BCUT2D eigenvalue weighted by Crippen LogP contribution is 2.30. The molecule has 118 valence electrons. The average molecular weight is 308 g/mol. The third kappa shape index (κ3) is 3.70. The molecule has 2 aromatic rings. The van der Waals surface area contributed by atoms with Gasteiger partial charge in [0.05, 0.1) is 7.11 Å². The van der Waals surface area contributed by atoms with Gasteiger partial charge in [-0.05, 0) is 36.3 Å². The molecule has 0 saturated heterocycles. The number of rotatable bonds is 5. The van der Waals surface area contributed by atoms with E-state index in [1.54, 1.807) is 13.2 Å². The summed E-state index contributed by atoms with van der Waals surface area (Å²) in [6, 6.07) is 13.6. The second-order valence-corrected chi connectivity index (χ2v) is 5.36. The van der Waals surface area contributed by atoms with E-state index in [2.05, 4.69) is 5.32 Å². The number of benzene rings is 2. The quantitative estimate of drug-likeness (QED) is 0.677. The molecule has 0 bridgehead atoms. The lowest BCUT2D eigenvalue weighted by Crippen LogP contribution is -2.32. The van der Waals surface area contributed by atoms with Crippen LogP contribution in [0.15, 0.2) is 42.0 Å². The first kappa shape index (κ1) is 16.6. The predicted molar refractivity (Wildman–Crippen MR) is 92.0 cm³/mol. The first-order valence-electron chi connectivity index (χ1n) is 7.59. The van der Waals surface area contributed by atoms with E-state index in [9.17, 15) is 10.1 Å². The largest absolute Gasteiger partial charge is 0.496 e. The molecule has 0 radical (unpaired) electrons. The Morgan fingerprint density at radius 3 is 2.74 bits per heavy atom. The van der Waals surface area contributed by atoms with Crippen LogP contribution in [-0.4, -0.2) is 19.1 Å². The SMILES string of the molecule is CC[C@H](C)NC(=O)/C(C#N)=C/c1c(OC)ccc2ccccc12. The molecule has 23 heavy (non-hydrogen) atoms. The predicted octanol–water partition coefficient (Wildman–Crippen LogP) is 3.67. The zero-order valence-corrected chi connectivity index (χ0v) is 13.6. The first-order chi connectivity index (χ1) is 11.1. The molecular weight excluding hydrogens is 288 g/mol. The standard InChI is InChI=1S/C19H20N2O2/c1-4-13(2)21-19(22)15(12-20)11-17-16-8-6-5-7-14(16)9-10-18(17)23-3/h5-11,13H,4H2,1-3H3,(H,21,22)/b15-11+/t13-/m0/s1. The molecule has 1 atom stereocenters. The summed E-state index contributed by atoms with van der Waals surface area (Å²) in [4.78, 5) is 12.2. The van der Waals surface area contributed by atoms with E-state index >= 15 is 0 Å². The van der Waals surface area contributed by atoms with Crippen molar-refractivity contribution in [2.45, 2.75) is 26.3 Å². The van der Waals surface area contributed by atoms with Crippen LogP contribution in [0.25, 0.3) is 16.8 Å². The fourth-order valence-electron chi connectivity index (χ4n) is 2.30. The Morgan fingerprint density at radius 2 is 2.09 bits per heavy atom. The van der Waals surface area contributed by atoms with E-state index in [0.717, 1.165) is 22.8 Å². The highest BCUT2D eigenvalue weighted by atomic mass is 16.5. The number of carbonyl (C=O) groups excluding carboxylic acids is 1. The van der Waals surface area contributed by atoms with Gasteiger partial charge in [-0.25, -0.2) is 0 Å². The zero-order chi connectivity index (χ0) is 16.8. The van der Waals surface area contributed by atoms with Gasteiger partial charge in [0, 0.05) is 11.6 Å². The third-order valence-corrected chi connectivity index (χ3v) is 3.79. The van der Waals surface area contributed by atoms with E-state index in [1.165, 1.54) is 0 Å². The first-order valence-corrected chi connectivity index (χ1v) is 7.59. The van der Waals surface area contributed by atoms with Crippen molar-refractivity contribution < 1.29 is 9.53 Å². The summed E-state index contributed by atoms with van der Waals surface area (Å²) in [5, 5.41) is 14.1. The van der Waals surface area contributed by atoms with Gasteiger partial charge in [-0.2, -0.15) is 5.26 Å². The summed E-state index contributed by atoms with van der Waals surface area (Å²) in [7, 11) is 1.58. The van der Waals surface area contributed by atoms with Crippen LogP contribution in [-0.2, 0) is 4.79 Å². The summed E-state index contributed by atoms with van der Waals surface area (Å²) in [5.41, 5.74) is 0.807. The smallest absolute Gasteiger partial charge is 0.262 e. The average Bonchev–Trinajstić information content (AvgIpc) is 2.58. The van der Waals surface area contributed by atoms with Crippen molar-refractivity contribution in [3.05, 3.63) is 47.5 Å². The van der Waals surface area contributed by atoms with E-state index in [0.29, 0.717) is 5.75 Å². The molecule has 0 spiro atoms. The molecule has 4 heteroatoms. The molecule has 0 aromatic heterocycles. The molecule has 1 amide bonds. The third-order valence-electron chi connectivity index (χ3n) is 3.79. The summed E-state index contributed by atoms with van der Waals surface area (Å²) in [6.07, 6.45) is 2.40. The molecule has 0 unspecified atom stereocenters. The number of hydrogen-bond acceptors (Lipinski definition) is 3. The van der Waals surface area contributed by atoms with Crippen LogP contribution in [0.4, 0.5) is 0 Å². The number of nitrogens with one attached hydrogen (secondary N) is 1. The molecule has 0 aliphatic rings. The maximum atomic E-state index is 12.2. The van der Waals surface area contributed by atoms with Crippen LogP contribution in [0.2, 0.25) is 0 Å². The Bertz CT molecular complexity index is 788. The second-order valence-electron chi connectivity index (χ2n) is 5.36. The van der Waals surface area contributed by atoms with Gasteiger partial charge in [-0.1, -0.05) is 37.3 Å². The maximum absolute atomic E-state index is 12.2. The number of methoxy groups -OCH3 is 1. The van der Waals surface area contributed by atoms with Crippen molar-refractivity contribution >= 4 is 22.8 Å². The summed E-state index contributed by atoms with van der Waals surface area (Å²) in [5.74, 6) is 0.268. The number of nitrogens with zero attached hydrogens (tertiary/aromatic N) is 1. The van der Waals surface area contributed by atoms with Gasteiger partial charge in [0.25, 0.3) is 5.91 Å². The van der Waals surface area contributed by atoms with E-state index < -0.39 is 0 Å². The van der Waals surface area contributed by atoms with Crippen molar-refractivity contribution in [3.8, 4) is 11.8 Å². The minimum atomic E-state index is -0.364. The van der Waals surface area contributed by atoms with Crippen molar-refractivity contribution in [1.29, 1.82) is 5.26 Å². The van der Waals surface area contributed by atoms with Gasteiger partial charge in [-0.3, -0.25) is 4.79 Å². The molecule has 0 aliphatic heterocycles. The molecule has 0 fully saturated rings. The number of fused-ring (bicyclic) bond motifs is 1. The monoisotopic (exact) mass is 308 g/mol. The molecule has 2 aromatic carbocycles. The minimum absolute atomic E-state index is 0.0219. The normalized spacial score (nSPS) is 12.5. The molecular formula is C19H20N2O2.